The molecule has 0 unspecified atom stereocenters. The fraction of sp³-hybridized carbons (Fsp3) is 0.118. The maximum atomic E-state index is 14.3. The Kier molecular flexibility index (Phi) is 6.86. The van der Waals surface area contributed by atoms with Crippen LogP contribution in [0.4, 0.5) is 0 Å². The van der Waals surface area contributed by atoms with Crippen molar-refractivity contribution in [3.8, 4) is 0 Å². The Labute approximate surface area is 232 Å². The minimum Gasteiger partial charge on any atom is -0.392 e. The molecule has 2 aliphatic rings. The lowest BCUT2D eigenvalue weighted by Gasteiger charge is -2.25. The van der Waals surface area contributed by atoms with Crippen molar-refractivity contribution in [2.45, 2.75) is 26.3 Å². The Morgan fingerprint density at radius 3 is 1.10 bits per heavy atom. The van der Waals surface area contributed by atoms with Crippen LogP contribution in [0.2, 0.25) is 0 Å². The Hall–Kier alpha value is -4.78. The fourth-order valence-corrected chi connectivity index (χ4v) is 5.36. The third kappa shape index (κ3) is 4.53. The van der Waals surface area contributed by atoms with Gasteiger partial charge in [0.2, 0.25) is 0 Å². The van der Waals surface area contributed by atoms with Gasteiger partial charge >= 0.3 is 0 Å². The Bertz CT molecular complexity index is 1500. The van der Waals surface area contributed by atoms with Gasteiger partial charge in [-0.15, -0.1) is 0 Å². The summed E-state index contributed by atoms with van der Waals surface area (Å²) in [5, 5.41) is 18.9. The highest BCUT2D eigenvalue weighted by atomic mass is 16.3. The van der Waals surface area contributed by atoms with E-state index in [2.05, 4.69) is 0 Å². The van der Waals surface area contributed by atoms with Crippen LogP contribution in [0.1, 0.15) is 33.4 Å². The van der Waals surface area contributed by atoms with Crippen molar-refractivity contribution in [3.63, 3.8) is 0 Å². The van der Waals surface area contributed by atoms with E-state index in [4.69, 9.17) is 0 Å². The van der Waals surface area contributed by atoms with Crippen LogP contribution >= 0.6 is 0 Å². The molecule has 6 nitrogen and oxygen atoms in total. The van der Waals surface area contributed by atoms with Crippen LogP contribution in [0.3, 0.4) is 0 Å². The average Bonchev–Trinajstić information content (AvgIpc) is 3.45. The predicted octanol–water partition coefficient (Wildman–Crippen LogP) is 4.88. The number of rotatable bonds is 8. The molecular weight excluding hydrogens is 500 g/mol. The van der Waals surface area contributed by atoms with E-state index in [1.807, 2.05) is 109 Å². The van der Waals surface area contributed by atoms with Gasteiger partial charge in [0.05, 0.1) is 48.8 Å². The SMILES string of the molecule is O=C1C2=C(c3ccccc3)N(Cc3ccc(CO)cc3)C(=O)C2=C(c2ccccc2)N1Cc1ccc(CO)cc1. The minimum absolute atomic E-state index is 0.0530. The number of aliphatic hydroxyl groups excluding tert-OH is 2. The smallest absolute Gasteiger partial charge is 0.261 e. The molecular formula is C34H28N2O4. The number of fused-ring (bicyclic) bond motifs is 1. The Morgan fingerprint density at radius 1 is 0.450 bits per heavy atom. The average molecular weight is 529 g/mol. The van der Waals surface area contributed by atoms with E-state index in [-0.39, 0.29) is 25.0 Å². The second-order valence-electron chi connectivity index (χ2n) is 9.91. The summed E-state index contributed by atoms with van der Waals surface area (Å²) in [4.78, 5) is 32.0. The van der Waals surface area contributed by atoms with Gasteiger partial charge in [-0.3, -0.25) is 9.59 Å². The van der Waals surface area contributed by atoms with E-state index >= 15 is 0 Å². The van der Waals surface area contributed by atoms with Crippen LogP contribution < -0.4 is 0 Å². The van der Waals surface area contributed by atoms with Gasteiger partial charge in [-0.05, 0) is 33.4 Å². The van der Waals surface area contributed by atoms with E-state index in [0.717, 1.165) is 33.4 Å². The molecule has 40 heavy (non-hydrogen) atoms. The summed E-state index contributed by atoms with van der Waals surface area (Å²) in [7, 11) is 0. The van der Waals surface area contributed by atoms with E-state index in [0.29, 0.717) is 35.6 Å². The van der Waals surface area contributed by atoms with Crippen LogP contribution in [0.25, 0.3) is 11.4 Å². The quantitative estimate of drug-likeness (QED) is 0.342. The number of hydrogen-bond donors (Lipinski definition) is 2. The third-order valence-electron chi connectivity index (χ3n) is 7.37. The van der Waals surface area contributed by atoms with Crippen LogP contribution in [0.5, 0.6) is 0 Å². The zero-order valence-corrected chi connectivity index (χ0v) is 21.8. The number of carbonyl (C=O) groups is 2. The van der Waals surface area contributed by atoms with Crippen molar-refractivity contribution in [3.05, 3.63) is 154 Å². The van der Waals surface area contributed by atoms with Crippen molar-refractivity contribution in [2.24, 2.45) is 0 Å². The standard InChI is InChI=1S/C34H28N2O4/c37-21-25-15-11-23(12-16-25)19-35-31(27-7-3-1-4-8-27)29-30(34(35)40)32(28-9-5-2-6-10-28)36(33(29)39)20-24-13-17-26(22-38)18-14-24/h1-18,37-38H,19-22H2. The molecule has 2 heterocycles. The van der Waals surface area contributed by atoms with Crippen molar-refractivity contribution in [2.75, 3.05) is 0 Å². The van der Waals surface area contributed by atoms with Crippen LogP contribution in [-0.2, 0) is 35.9 Å². The zero-order chi connectivity index (χ0) is 27.6. The molecule has 0 saturated carbocycles. The summed E-state index contributed by atoms with van der Waals surface area (Å²) in [6.45, 7) is 0.477. The van der Waals surface area contributed by atoms with Crippen molar-refractivity contribution < 1.29 is 19.8 Å². The maximum Gasteiger partial charge on any atom is 0.261 e. The molecule has 4 aromatic carbocycles. The number of hydrogen-bond acceptors (Lipinski definition) is 4. The third-order valence-corrected chi connectivity index (χ3v) is 7.37. The lowest BCUT2D eigenvalue weighted by molar-refractivity contribution is -0.124. The summed E-state index contributed by atoms with van der Waals surface area (Å²) in [6, 6.07) is 34.1. The number of amides is 2. The van der Waals surface area contributed by atoms with E-state index < -0.39 is 0 Å². The topological polar surface area (TPSA) is 81.1 Å². The molecule has 0 fully saturated rings. The molecule has 6 heteroatoms. The van der Waals surface area contributed by atoms with Gasteiger partial charge in [-0.25, -0.2) is 0 Å². The van der Waals surface area contributed by atoms with Gasteiger partial charge in [0, 0.05) is 0 Å². The lowest BCUT2D eigenvalue weighted by atomic mass is 10.0. The molecule has 0 radical (unpaired) electrons. The van der Waals surface area contributed by atoms with Gasteiger partial charge < -0.3 is 20.0 Å². The van der Waals surface area contributed by atoms with Crippen molar-refractivity contribution in [1.82, 2.24) is 9.80 Å². The van der Waals surface area contributed by atoms with Crippen molar-refractivity contribution in [1.29, 1.82) is 0 Å². The first-order valence-corrected chi connectivity index (χ1v) is 13.2. The van der Waals surface area contributed by atoms with Gasteiger partial charge in [-0.1, -0.05) is 109 Å². The Morgan fingerprint density at radius 2 is 0.775 bits per heavy atom. The van der Waals surface area contributed by atoms with Gasteiger partial charge in [-0.2, -0.15) is 0 Å². The minimum atomic E-state index is -0.217. The normalized spacial score (nSPS) is 14.9. The summed E-state index contributed by atoms with van der Waals surface area (Å²) in [5.41, 5.74) is 6.99. The predicted molar refractivity (Wildman–Crippen MR) is 153 cm³/mol. The van der Waals surface area contributed by atoms with E-state index in [1.165, 1.54) is 0 Å². The van der Waals surface area contributed by atoms with Crippen LogP contribution in [-0.4, -0.2) is 31.8 Å². The summed E-state index contributed by atoms with van der Waals surface area (Å²) < 4.78 is 0. The number of benzene rings is 4. The highest BCUT2D eigenvalue weighted by molar-refractivity contribution is 6.30. The van der Waals surface area contributed by atoms with Crippen LogP contribution in [0.15, 0.2) is 120 Å². The molecule has 0 bridgehead atoms. The number of aliphatic hydroxyl groups is 2. The molecule has 0 saturated heterocycles. The van der Waals surface area contributed by atoms with Gasteiger partial charge in [0.25, 0.3) is 11.8 Å². The molecule has 198 valence electrons. The molecule has 6 rings (SSSR count). The van der Waals surface area contributed by atoms with Crippen LogP contribution in [0, 0.1) is 0 Å². The maximum absolute atomic E-state index is 14.3. The highest BCUT2D eigenvalue weighted by Crippen LogP contribution is 2.47. The summed E-state index contributed by atoms with van der Waals surface area (Å²) in [6.07, 6.45) is 0. The number of carbonyl (C=O) groups excluding carboxylic acids is 2. The monoisotopic (exact) mass is 528 g/mol. The first-order chi connectivity index (χ1) is 19.6. The zero-order valence-electron chi connectivity index (χ0n) is 21.8. The summed E-state index contributed by atoms with van der Waals surface area (Å²) in [5.74, 6) is -0.434. The first-order valence-electron chi connectivity index (χ1n) is 13.2. The largest absolute Gasteiger partial charge is 0.392 e. The molecule has 0 spiro atoms. The summed E-state index contributed by atoms with van der Waals surface area (Å²) >= 11 is 0. The van der Waals surface area contributed by atoms with Gasteiger partial charge in [0.15, 0.2) is 0 Å². The second kappa shape index (κ2) is 10.8. The lowest BCUT2D eigenvalue weighted by Crippen LogP contribution is -2.29. The van der Waals surface area contributed by atoms with Crippen molar-refractivity contribution >= 4 is 23.2 Å². The number of nitrogens with zero attached hydrogens (tertiary/aromatic N) is 2. The second-order valence-corrected chi connectivity index (χ2v) is 9.91. The molecule has 2 aliphatic heterocycles. The van der Waals surface area contributed by atoms with E-state index in [1.54, 1.807) is 9.80 Å². The molecule has 0 atom stereocenters. The fourth-order valence-electron chi connectivity index (χ4n) is 5.36. The molecule has 2 amide bonds. The molecule has 2 N–H and O–H groups in total. The first kappa shape index (κ1) is 25.5. The van der Waals surface area contributed by atoms with E-state index in [9.17, 15) is 19.8 Å². The molecule has 4 aromatic rings. The molecule has 0 aliphatic carbocycles. The molecule has 0 aromatic heterocycles. The Balaban J connectivity index is 1.50. The highest BCUT2D eigenvalue weighted by Gasteiger charge is 2.48. The van der Waals surface area contributed by atoms with Gasteiger partial charge in [0.1, 0.15) is 0 Å².